The molecule has 0 radical (unpaired) electrons. The topological polar surface area (TPSA) is 23.8 Å². The third kappa shape index (κ3) is 4.99. The Morgan fingerprint density at radius 3 is 2.10 bits per heavy atom. The number of hydrogen-bond acceptors (Lipinski definition) is 9. The third-order valence-electron chi connectivity index (χ3n) is 2.37. The molecule has 0 fully saturated rings. The van der Waals surface area contributed by atoms with Gasteiger partial charge in [-0.15, -0.1) is 23.5 Å². The monoisotopic (exact) mass is 427 g/mol. The molecule has 1 nitrogen and oxygen atoms in total. The number of thioether (sulfide) groups is 6. The van der Waals surface area contributed by atoms with Crippen molar-refractivity contribution in [3.8, 4) is 6.07 Å². The minimum absolute atomic E-state index is 0.603. The first-order valence-electron chi connectivity index (χ1n) is 5.90. The van der Waals surface area contributed by atoms with E-state index < -0.39 is 0 Å². The second-order valence-corrected chi connectivity index (χ2v) is 11.5. The molecule has 0 aromatic carbocycles. The summed E-state index contributed by atoms with van der Waals surface area (Å²) in [5.74, 6) is 2.44. The van der Waals surface area contributed by atoms with Crippen molar-refractivity contribution in [2.75, 3.05) is 23.5 Å². The van der Waals surface area contributed by atoms with E-state index in [0.29, 0.717) is 6.42 Å². The highest BCUT2D eigenvalue weighted by atomic mass is 32.3. The lowest BCUT2D eigenvalue weighted by Gasteiger charge is -2.02. The van der Waals surface area contributed by atoms with Crippen LogP contribution in [0.5, 0.6) is 0 Å². The van der Waals surface area contributed by atoms with Crippen LogP contribution < -0.4 is 0 Å². The smallest absolute Gasteiger partial charge is 0.0717 e. The van der Waals surface area contributed by atoms with Crippen molar-refractivity contribution in [2.45, 2.75) is 6.42 Å². The minimum atomic E-state index is 0.603. The Morgan fingerprint density at radius 2 is 1.57 bits per heavy atom. The zero-order valence-corrected chi connectivity index (χ0v) is 17.8. The molecule has 0 atom stereocenters. The summed E-state index contributed by atoms with van der Waals surface area (Å²) in [6.07, 6.45) is 2.72. The number of nitrogens with zero attached hydrogens (tertiary/aromatic N) is 1. The standard InChI is InChI=1S/C12H13NS8/c1-16-9-10(17-4-2-3-13)21-12(20-9)11-18-7(5-14)8(6-15)19-11/h14-15H,2,4-6H2,1H3. The quantitative estimate of drug-likeness (QED) is 0.380. The van der Waals surface area contributed by atoms with Gasteiger partial charge in [-0.3, -0.25) is 0 Å². The summed E-state index contributed by atoms with van der Waals surface area (Å²) in [5, 5.41) is 8.67. The average Bonchev–Trinajstić information content (AvgIpc) is 3.10. The molecule has 0 bridgehead atoms. The number of thiol groups is 2. The van der Waals surface area contributed by atoms with Crippen LogP contribution in [0.2, 0.25) is 0 Å². The maximum absolute atomic E-state index is 8.67. The summed E-state index contributed by atoms with van der Waals surface area (Å²) >= 11 is 19.8. The van der Waals surface area contributed by atoms with Gasteiger partial charge in [0.15, 0.2) is 0 Å². The van der Waals surface area contributed by atoms with E-state index in [1.165, 1.54) is 26.8 Å². The molecule has 2 aliphatic heterocycles. The summed E-state index contributed by atoms with van der Waals surface area (Å²) < 4.78 is 5.43. The first kappa shape index (κ1) is 18.8. The number of nitriles is 1. The van der Waals surface area contributed by atoms with Gasteiger partial charge in [0, 0.05) is 33.5 Å². The van der Waals surface area contributed by atoms with Gasteiger partial charge >= 0.3 is 0 Å². The van der Waals surface area contributed by atoms with Crippen LogP contribution in [0, 0.1) is 11.3 Å². The molecule has 0 unspecified atom stereocenters. The van der Waals surface area contributed by atoms with E-state index in [2.05, 4.69) is 37.6 Å². The Labute approximate surface area is 162 Å². The van der Waals surface area contributed by atoms with Gasteiger partial charge in [-0.2, -0.15) is 30.5 Å². The summed E-state index contributed by atoms with van der Waals surface area (Å²) in [6, 6.07) is 2.21. The van der Waals surface area contributed by atoms with E-state index in [1.54, 1.807) is 23.5 Å². The molecule has 0 saturated heterocycles. The molecule has 114 valence electrons. The minimum Gasteiger partial charge on any atom is -0.198 e. The van der Waals surface area contributed by atoms with E-state index in [9.17, 15) is 0 Å². The normalized spacial score (nSPS) is 19.0. The lowest BCUT2D eigenvalue weighted by molar-refractivity contribution is 1.24. The molecular formula is C12H13NS8. The fraction of sp³-hybridized carbons (Fsp3) is 0.417. The molecule has 2 heterocycles. The second kappa shape index (κ2) is 9.72. The Kier molecular flexibility index (Phi) is 8.72. The maximum Gasteiger partial charge on any atom is 0.0717 e. The molecule has 0 aromatic heterocycles. The predicted octanol–water partition coefficient (Wildman–Crippen LogP) is 6.28. The van der Waals surface area contributed by atoms with Crippen molar-refractivity contribution >= 4 is 95.8 Å². The van der Waals surface area contributed by atoms with Crippen molar-refractivity contribution in [3.05, 3.63) is 26.8 Å². The average molecular weight is 428 g/mol. The van der Waals surface area contributed by atoms with Crippen molar-refractivity contribution in [1.82, 2.24) is 0 Å². The summed E-state index contributed by atoms with van der Waals surface area (Å²) in [6.45, 7) is 0. The largest absolute Gasteiger partial charge is 0.198 e. The molecule has 0 aromatic rings. The van der Waals surface area contributed by atoms with Gasteiger partial charge in [-0.25, -0.2) is 0 Å². The maximum atomic E-state index is 8.67. The Morgan fingerprint density at radius 1 is 1.00 bits per heavy atom. The van der Waals surface area contributed by atoms with Crippen molar-refractivity contribution < 1.29 is 0 Å². The van der Waals surface area contributed by atoms with Gasteiger partial charge in [0.1, 0.15) is 0 Å². The van der Waals surface area contributed by atoms with E-state index in [4.69, 9.17) is 5.26 Å². The lowest BCUT2D eigenvalue weighted by atomic mass is 10.6. The molecule has 0 amide bonds. The van der Waals surface area contributed by atoms with Crippen LogP contribution in [-0.4, -0.2) is 23.5 Å². The molecular weight excluding hydrogens is 415 g/mol. The van der Waals surface area contributed by atoms with E-state index >= 15 is 0 Å². The molecule has 0 spiro atoms. The van der Waals surface area contributed by atoms with Gasteiger partial charge in [0.05, 0.1) is 23.0 Å². The molecule has 2 aliphatic rings. The van der Waals surface area contributed by atoms with Gasteiger partial charge in [0.25, 0.3) is 0 Å². The van der Waals surface area contributed by atoms with E-state index in [0.717, 1.165) is 17.3 Å². The molecule has 0 saturated carbocycles. The predicted molar refractivity (Wildman–Crippen MR) is 115 cm³/mol. The van der Waals surface area contributed by atoms with Crippen LogP contribution in [0.25, 0.3) is 0 Å². The van der Waals surface area contributed by atoms with Gasteiger partial charge in [-0.05, 0) is 6.26 Å². The number of rotatable bonds is 6. The molecule has 9 heteroatoms. The van der Waals surface area contributed by atoms with Gasteiger partial charge in [-0.1, -0.05) is 47.0 Å². The Bertz CT molecular complexity index is 524. The highest BCUT2D eigenvalue weighted by Gasteiger charge is 2.28. The molecule has 21 heavy (non-hydrogen) atoms. The first-order chi connectivity index (χ1) is 10.2. The molecule has 2 rings (SSSR count). The first-order valence-corrected chi connectivity index (χ1v) is 12.6. The van der Waals surface area contributed by atoms with Crippen molar-refractivity contribution in [1.29, 1.82) is 5.26 Å². The van der Waals surface area contributed by atoms with Crippen LogP contribution in [0.4, 0.5) is 0 Å². The molecule has 0 aliphatic carbocycles. The van der Waals surface area contributed by atoms with E-state index in [1.807, 2.05) is 47.0 Å². The highest BCUT2D eigenvalue weighted by Crippen LogP contribution is 2.63. The zero-order chi connectivity index (χ0) is 15.2. The fourth-order valence-electron chi connectivity index (χ4n) is 1.44. The van der Waals surface area contributed by atoms with Gasteiger partial charge in [0.2, 0.25) is 0 Å². The van der Waals surface area contributed by atoms with Gasteiger partial charge < -0.3 is 0 Å². The van der Waals surface area contributed by atoms with Crippen LogP contribution in [0.1, 0.15) is 6.42 Å². The summed E-state index contributed by atoms with van der Waals surface area (Å²) in [4.78, 5) is 2.66. The molecule has 0 N–H and O–H groups in total. The summed E-state index contributed by atoms with van der Waals surface area (Å²) in [5.41, 5.74) is 0. The highest BCUT2D eigenvalue weighted by molar-refractivity contribution is 8.42. The van der Waals surface area contributed by atoms with Crippen LogP contribution in [0.15, 0.2) is 26.8 Å². The third-order valence-corrected chi connectivity index (χ3v) is 12.0. The fourth-order valence-corrected chi connectivity index (χ4v) is 10.5. The van der Waals surface area contributed by atoms with E-state index in [-0.39, 0.29) is 0 Å². The number of hydrogen-bond donors (Lipinski definition) is 2. The van der Waals surface area contributed by atoms with Crippen LogP contribution >= 0.6 is 95.8 Å². The summed E-state index contributed by atoms with van der Waals surface area (Å²) in [7, 11) is 0. The zero-order valence-electron chi connectivity index (χ0n) is 11.1. The van der Waals surface area contributed by atoms with Crippen LogP contribution in [0.3, 0.4) is 0 Å². The van der Waals surface area contributed by atoms with Crippen molar-refractivity contribution in [3.63, 3.8) is 0 Å². The van der Waals surface area contributed by atoms with Crippen LogP contribution in [-0.2, 0) is 0 Å². The lowest BCUT2D eigenvalue weighted by Crippen LogP contribution is -1.80. The second-order valence-electron chi connectivity index (χ2n) is 3.68. The Balaban J connectivity index is 2.06. The van der Waals surface area contributed by atoms with Crippen molar-refractivity contribution in [2.24, 2.45) is 0 Å². The Hall–Kier alpha value is 1.51. The SMILES string of the molecule is CSC1=C(SCCC#N)SC(=C2SC(CS)=C(CS)S2)S1.